The number of carboxylic acid groups (broad SMARTS) is 2. The molecule has 0 bridgehead atoms. The maximum absolute atomic E-state index is 11.6. The Hall–Kier alpha value is -5.68. The van der Waals surface area contributed by atoms with Crippen LogP contribution in [-0.2, 0) is 9.59 Å². The van der Waals surface area contributed by atoms with Crippen molar-refractivity contribution in [2.45, 2.75) is 111 Å². The van der Waals surface area contributed by atoms with Gasteiger partial charge in [0.05, 0.1) is 85.1 Å². The summed E-state index contributed by atoms with van der Waals surface area (Å²) in [7, 11) is 3.19. The number of carboxylic acids is 2. The molecular formula is C53H72Cl2N8O9. The van der Waals surface area contributed by atoms with Gasteiger partial charge in [0.1, 0.15) is 23.8 Å². The molecule has 19 heteroatoms. The quantitative estimate of drug-likeness (QED) is 0.108. The van der Waals surface area contributed by atoms with E-state index in [0.29, 0.717) is 51.2 Å². The van der Waals surface area contributed by atoms with Crippen LogP contribution in [-0.4, -0.2) is 126 Å². The first kappa shape index (κ1) is 54.1. The second-order valence-corrected chi connectivity index (χ2v) is 21.2. The van der Waals surface area contributed by atoms with Crippen molar-refractivity contribution in [3.05, 3.63) is 65.2 Å². The number of ether oxygens (including phenoxy) is 5. The Morgan fingerprint density at radius 3 is 1.64 bits per heavy atom. The average molecular weight is 1040 g/mol. The third-order valence-electron chi connectivity index (χ3n) is 15.0. The highest BCUT2D eigenvalue weighted by atomic mass is 35.5. The molecule has 4 fully saturated rings. The van der Waals surface area contributed by atoms with Crippen molar-refractivity contribution in [3.8, 4) is 29.1 Å². The Morgan fingerprint density at radius 1 is 0.653 bits per heavy atom. The van der Waals surface area contributed by atoms with E-state index in [1.54, 1.807) is 39.0 Å². The predicted molar refractivity (Wildman–Crippen MR) is 280 cm³/mol. The van der Waals surface area contributed by atoms with Gasteiger partial charge in [-0.2, -0.15) is 0 Å². The van der Waals surface area contributed by atoms with E-state index < -0.39 is 11.9 Å². The molecular weight excluding hydrogens is 964 g/mol. The Balaban J connectivity index is 0.000000213. The van der Waals surface area contributed by atoms with E-state index in [1.807, 2.05) is 44.2 Å². The number of aromatic nitrogens is 4. The Bertz CT molecular complexity index is 2470. The molecule has 0 saturated carbocycles. The van der Waals surface area contributed by atoms with E-state index in [9.17, 15) is 19.8 Å². The third-order valence-corrected chi connectivity index (χ3v) is 15.6. The van der Waals surface area contributed by atoms with Crippen LogP contribution in [0.1, 0.15) is 81.1 Å². The van der Waals surface area contributed by atoms with Crippen LogP contribution in [0.2, 0.25) is 10.0 Å². The maximum atomic E-state index is 11.6. The van der Waals surface area contributed by atoms with Crippen molar-refractivity contribution >= 4 is 58.0 Å². The first-order valence-electron chi connectivity index (χ1n) is 25.2. The first-order valence-corrected chi connectivity index (χ1v) is 25.9. The summed E-state index contributed by atoms with van der Waals surface area (Å²) < 4.78 is 29.4. The largest absolute Gasteiger partial charge is 0.488 e. The molecule has 392 valence electrons. The van der Waals surface area contributed by atoms with Crippen molar-refractivity contribution in [3.63, 3.8) is 0 Å². The van der Waals surface area contributed by atoms with Crippen LogP contribution in [0.15, 0.2) is 55.1 Å². The highest BCUT2D eigenvalue weighted by Gasteiger charge is 2.40. The molecule has 0 radical (unpaired) electrons. The number of halogens is 2. The van der Waals surface area contributed by atoms with Crippen LogP contribution in [0.4, 0.5) is 22.9 Å². The van der Waals surface area contributed by atoms with Crippen molar-refractivity contribution in [2.75, 3.05) is 73.1 Å². The lowest BCUT2D eigenvalue weighted by atomic mass is 9.92. The summed E-state index contributed by atoms with van der Waals surface area (Å²) in [6, 6.07) is 9.43. The van der Waals surface area contributed by atoms with Gasteiger partial charge < -0.3 is 53.5 Å². The fourth-order valence-electron chi connectivity index (χ4n) is 10.6. The average Bonchev–Trinajstić information content (AvgIpc) is 3.78. The molecule has 4 aromatic heterocycles. The molecule has 4 aliphatic rings. The van der Waals surface area contributed by atoms with E-state index >= 15 is 0 Å². The summed E-state index contributed by atoms with van der Waals surface area (Å²) in [6.07, 6.45) is 8.58. The summed E-state index contributed by atoms with van der Waals surface area (Å²) in [5.41, 5.74) is 2.69. The summed E-state index contributed by atoms with van der Waals surface area (Å²) >= 11 is 12.8. The molecule has 10 atom stereocenters. The minimum Gasteiger partial charge on any atom is -0.488 e. The first-order chi connectivity index (χ1) is 34.3. The van der Waals surface area contributed by atoms with Crippen LogP contribution in [0.3, 0.4) is 0 Å². The zero-order valence-electron chi connectivity index (χ0n) is 43.2. The molecule has 0 aliphatic carbocycles. The molecule has 4 aromatic rings. The van der Waals surface area contributed by atoms with E-state index in [4.69, 9.17) is 46.9 Å². The van der Waals surface area contributed by atoms with E-state index in [-0.39, 0.29) is 61.0 Å². The second kappa shape index (κ2) is 23.9. The zero-order chi connectivity index (χ0) is 52.0. The second-order valence-electron chi connectivity index (χ2n) is 20.4. The zero-order valence-corrected chi connectivity index (χ0v) is 44.7. The third kappa shape index (κ3) is 12.9. The summed E-state index contributed by atoms with van der Waals surface area (Å²) in [5.74, 6) is 3.93. The topological polar surface area (TPSA) is 185 Å². The molecule has 8 rings (SSSR count). The van der Waals surface area contributed by atoms with E-state index in [1.165, 1.54) is 0 Å². The van der Waals surface area contributed by atoms with E-state index in [2.05, 4.69) is 81.1 Å². The summed E-state index contributed by atoms with van der Waals surface area (Å²) in [5, 5.41) is 20.0. The highest BCUT2D eigenvalue weighted by Crippen LogP contribution is 2.41. The molecule has 0 spiro atoms. The van der Waals surface area contributed by atoms with Crippen LogP contribution >= 0.6 is 23.2 Å². The van der Waals surface area contributed by atoms with Gasteiger partial charge in [-0.05, 0) is 49.7 Å². The van der Waals surface area contributed by atoms with Crippen LogP contribution < -0.4 is 43.3 Å². The van der Waals surface area contributed by atoms with Gasteiger partial charge in [0.2, 0.25) is 11.8 Å². The number of hydrogen-bond donors (Lipinski definition) is 2. The molecule has 8 heterocycles. The minimum absolute atomic E-state index is 0.0465. The fourth-order valence-corrected chi connectivity index (χ4v) is 11.0. The van der Waals surface area contributed by atoms with Gasteiger partial charge in [0.15, 0.2) is 5.75 Å². The minimum atomic E-state index is -0.792. The predicted octanol–water partition coefficient (Wildman–Crippen LogP) is 9.52. The highest BCUT2D eigenvalue weighted by molar-refractivity contribution is 6.33. The van der Waals surface area contributed by atoms with Gasteiger partial charge in [-0.25, -0.2) is 19.9 Å². The smallest absolute Gasteiger partial charge is 0.305 e. The number of nitrogens with zero attached hydrogens (tertiary/aromatic N) is 8. The van der Waals surface area contributed by atoms with Crippen molar-refractivity contribution in [1.29, 1.82) is 0 Å². The molecule has 4 aliphatic heterocycles. The molecule has 17 nitrogen and oxygen atoms in total. The fraction of sp³-hybridized carbons (Fsp3) is 0.585. The number of pyridine rings is 4. The number of anilines is 4. The van der Waals surface area contributed by atoms with E-state index in [0.717, 1.165) is 80.7 Å². The normalized spacial score (nSPS) is 26.2. The van der Waals surface area contributed by atoms with Crippen LogP contribution in [0.5, 0.6) is 29.1 Å². The van der Waals surface area contributed by atoms with Gasteiger partial charge in [0.25, 0.3) is 5.88 Å². The maximum Gasteiger partial charge on any atom is 0.305 e. The van der Waals surface area contributed by atoms with Crippen molar-refractivity contribution < 1.29 is 43.5 Å². The van der Waals surface area contributed by atoms with Gasteiger partial charge in [0, 0.05) is 94.2 Å². The molecule has 72 heavy (non-hydrogen) atoms. The Labute approximate surface area is 434 Å². The van der Waals surface area contributed by atoms with Gasteiger partial charge in [-0.1, -0.05) is 64.7 Å². The molecule has 0 aromatic carbocycles. The monoisotopic (exact) mass is 1030 g/mol. The lowest BCUT2D eigenvalue weighted by Gasteiger charge is -2.38. The number of methoxy groups -OCH3 is 2. The molecule has 0 amide bonds. The van der Waals surface area contributed by atoms with Gasteiger partial charge in [-0.15, -0.1) is 0 Å². The van der Waals surface area contributed by atoms with Gasteiger partial charge in [-0.3, -0.25) is 9.59 Å². The molecule has 4 unspecified atom stereocenters. The lowest BCUT2D eigenvalue weighted by molar-refractivity contribution is -0.138. The van der Waals surface area contributed by atoms with Crippen LogP contribution in [0.25, 0.3) is 0 Å². The number of rotatable bonds is 16. The number of aliphatic carboxylic acids is 2. The standard InChI is InChI=1S/C28H39ClN4O5.C25H33ClN4O4/c1-16(2)37-25-9-20(33-15-17(3)19(5)22(33)11-27(34)35)12-31-28(25)38-24-7-8-32(14-18(24)4)23-10-26(36-6)30-13-21(23)29;1-15-14-30(20(17(15)3)10-25(31)32)23-6-5-18(11-27-23)34-22-7-8-29(13-16(22)2)21-9-24(33-4)28-12-19(21)26/h9-10,12-13,16-19,22,24H,7-8,11,14-15H2,1-6H3,(H,34,35);5-6,9,11-12,15-17,20,22H,7-8,10,13-14H2,1-4H3,(H,31,32)/t17-,18?,19+,22-,24?;15-,16?,17+,20-,22?/m00/s1. The lowest BCUT2D eigenvalue weighted by Crippen LogP contribution is -2.44. The van der Waals surface area contributed by atoms with Crippen molar-refractivity contribution in [2.24, 2.45) is 35.5 Å². The van der Waals surface area contributed by atoms with Crippen molar-refractivity contribution in [1.82, 2.24) is 19.9 Å². The molecule has 4 saturated heterocycles. The van der Waals surface area contributed by atoms with Gasteiger partial charge >= 0.3 is 11.9 Å². The number of piperidine rings is 2. The summed E-state index contributed by atoms with van der Waals surface area (Å²) in [4.78, 5) is 49.3. The number of carbonyl (C=O) groups is 2. The molecule has 2 N–H and O–H groups in total. The van der Waals surface area contributed by atoms with Crippen LogP contribution in [0, 0.1) is 35.5 Å². The number of hydrogen-bond acceptors (Lipinski definition) is 15. The summed E-state index contributed by atoms with van der Waals surface area (Å²) in [6.45, 7) is 21.6. The Kier molecular flexibility index (Phi) is 18.0. The Morgan fingerprint density at radius 2 is 1.17 bits per heavy atom. The SMILES string of the molecule is COc1cc(N2CCC(Oc3ccc(N4C[C@H](C)[C@@H](C)[C@@H]4CC(=O)O)nc3)C(C)C2)c(Cl)cn1.COc1cc(N2CCC(Oc3ncc(N4C[C@H](C)[C@@H](C)[C@@H]4CC(=O)O)cc3OC(C)C)C(C)C2)c(Cl)cn1.